The monoisotopic (exact) mass is 469 g/mol. The Kier molecular flexibility index (Phi) is 8.86. The van der Waals surface area contributed by atoms with Gasteiger partial charge in [-0.05, 0) is 55.4 Å². The molecule has 0 saturated carbocycles. The van der Waals surface area contributed by atoms with E-state index in [0.717, 1.165) is 35.4 Å². The van der Waals surface area contributed by atoms with Crippen molar-refractivity contribution in [2.45, 2.75) is 45.1 Å². The molecule has 1 heterocycles. The van der Waals surface area contributed by atoms with Crippen molar-refractivity contribution >= 4 is 17.3 Å². The van der Waals surface area contributed by atoms with Crippen LogP contribution in [0.15, 0.2) is 48.7 Å². The van der Waals surface area contributed by atoms with Crippen LogP contribution in [-0.2, 0) is 24.1 Å². The number of aliphatic hydroxyl groups excluding tert-OH is 1. The van der Waals surface area contributed by atoms with Crippen molar-refractivity contribution in [2.75, 3.05) is 14.2 Å². The van der Waals surface area contributed by atoms with Crippen LogP contribution < -0.4 is 9.47 Å². The normalized spacial score (nSPS) is 12.8. The first kappa shape index (κ1) is 24.7. The molecule has 0 radical (unpaired) electrons. The summed E-state index contributed by atoms with van der Waals surface area (Å²) in [5.41, 5.74) is 2.89. The molecule has 0 amide bonds. The van der Waals surface area contributed by atoms with E-state index in [1.54, 1.807) is 20.4 Å². The molecule has 2 atom stereocenters. The van der Waals surface area contributed by atoms with Crippen molar-refractivity contribution in [3.05, 3.63) is 75.2 Å². The Morgan fingerprint density at radius 1 is 1.12 bits per heavy atom. The molecule has 6 nitrogen and oxygen atoms in total. The number of aryl methyl sites for hydroxylation is 1. The van der Waals surface area contributed by atoms with Crippen LogP contribution >= 0.6 is 11.3 Å². The van der Waals surface area contributed by atoms with Gasteiger partial charge in [0, 0.05) is 23.1 Å². The molecule has 1 aromatic heterocycles. The lowest BCUT2D eigenvalue weighted by atomic mass is 9.87. The number of hydrogen-bond donors (Lipinski definition) is 2. The zero-order valence-corrected chi connectivity index (χ0v) is 20.1. The summed E-state index contributed by atoms with van der Waals surface area (Å²) < 4.78 is 11.0. The molecule has 3 rings (SSSR count). The molecule has 2 aromatic carbocycles. The average molecular weight is 470 g/mol. The number of aromatic nitrogens is 1. The van der Waals surface area contributed by atoms with Gasteiger partial charge in [-0.3, -0.25) is 4.79 Å². The number of carbonyl (C=O) groups is 1. The molecule has 0 aliphatic carbocycles. The summed E-state index contributed by atoms with van der Waals surface area (Å²) in [6.07, 6.45) is 4.05. The van der Waals surface area contributed by atoms with Crippen LogP contribution in [0, 0.1) is 12.8 Å². The van der Waals surface area contributed by atoms with E-state index in [0.29, 0.717) is 22.8 Å². The van der Waals surface area contributed by atoms with Gasteiger partial charge in [-0.2, -0.15) is 0 Å². The molecule has 0 fully saturated rings. The van der Waals surface area contributed by atoms with Gasteiger partial charge >= 0.3 is 5.97 Å². The zero-order valence-electron chi connectivity index (χ0n) is 19.3. The fourth-order valence-electron chi connectivity index (χ4n) is 4.03. The van der Waals surface area contributed by atoms with Gasteiger partial charge in [0.15, 0.2) is 0 Å². The lowest BCUT2D eigenvalue weighted by Gasteiger charge is -2.24. The average Bonchev–Trinajstić information content (AvgIpc) is 3.24. The van der Waals surface area contributed by atoms with Crippen LogP contribution in [0.5, 0.6) is 11.5 Å². The number of methoxy groups -OCH3 is 2. The Morgan fingerprint density at radius 2 is 1.79 bits per heavy atom. The minimum Gasteiger partial charge on any atom is -0.496 e. The fourth-order valence-corrected chi connectivity index (χ4v) is 5.04. The summed E-state index contributed by atoms with van der Waals surface area (Å²) >= 11 is 1.40. The zero-order chi connectivity index (χ0) is 23.8. The number of rotatable bonds is 12. The number of thiazole rings is 1. The maximum atomic E-state index is 11.4. The predicted molar refractivity (Wildman–Crippen MR) is 129 cm³/mol. The standard InChI is InChI=1S/C26H31NO5S/c1-17-22(31-2)12-20(13-23(17)32-3)26(30)19(11-7-10-18-8-5-4-6-9-18)14-24-27-16-21(33-24)15-25(28)29/h4-6,8-9,12-13,16,19,26,30H,7,10-11,14-15H2,1-3H3,(H,28,29). The van der Waals surface area contributed by atoms with Crippen LogP contribution in [0.25, 0.3) is 0 Å². The van der Waals surface area contributed by atoms with Crippen molar-refractivity contribution in [3.8, 4) is 11.5 Å². The van der Waals surface area contributed by atoms with Crippen LogP contribution in [0.4, 0.5) is 0 Å². The molecule has 3 aromatic rings. The Balaban J connectivity index is 1.81. The maximum absolute atomic E-state index is 11.4. The van der Waals surface area contributed by atoms with Crippen LogP contribution in [-0.4, -0.2) is 35.4 Å². The lowest BCUT2D eigenvalue weighted by Crippen LogP contribution is -2.16. The topological polar surface area (TPSA) is 88.9 Å². The van der Waals surface area contributed by atoms with E-state index >= 15 is 0 Å². The van der Waals surface area contributed by atoms with E-state index < -0.39 is 12.1 Å². The van der Waals surface area contributed by atoms with E-state index in [1.165, 1.54) is 16.9 Å². The summed E-state index contributed by atoms with van der Waals surface area (Å²) in [5, 5.41) is 21.3. The Bertz CT molecular complexity index is 1020. The molecule has 0 spiro atoms. The predicted octanol–water partition coefficient (Wildman–Crippen LogP) is 5.01. The third-order valence-electron chi connectivity index (χ3n) is 5.81. The second-order valence-electron chi connectivity index (χ2n) is 8.13. The van der Waals surface area contributed by atoms with Crippen molar-refractivity contribution in [2.24, 2.45) is 5.92 Å². The Labute approximate surface area is 198 Å². The van der Waals surface area contributed by atoms with E-state index in [9.17, 15) is 9.90 Å². The highest BCUT2D eigenvalue weighted by Gasteiger charge is 2.25. The maximum Gasteiger partial charge on any atom is 0.308 e. The fraction of sp³-hybridized carbons (Fsp3) is 0.385. The second-order valence-corrected chi connectivity index (χ2v) is 9.33. The van der Waals surface area contributed by atoms with Gasteiger partial charge in [-0.15, -0.1) is 11.3 Å². The smallest absolute Gasteiger partial charge is 0.308 e. The number of nitrogens with zero attached hydrogens (tertiary/aromatic N) is 1. The molecular formula is C26H31NO5S. The van der Waals surface area contributed by atoms with Gasteiger partial charge in [0.05, 0.1) is 31.8 Å². The summed E-state index contributed by atoms with van der Waals surface area (Å²) in [7, 11) is 3.21. The molecule has 2 unspecified atom stereocenters. The van der Waals surface area contributed by atoms with E-state index in [4.69, 9.17) is 14.6 Å². The lowest BCUT2D eigenvalue weighted by molar-refractivity contribution is -0.136. The number of benzene rings is 2. The Hall–Kier alpha value is -2.90. The van der Waals surface area contributed by atoms with Gasteiger partial charge in [-0.25, -0.2) is 4.98 Å². The van der Waals surface area contributed by atoms with Crippen molar-refractivity contribution < 1.29 is 24.5 Å². The summed E-state index contributed by atoms with van der Waals surface area (Å²) in [5.74, 6) is 0.381. The van der Waals surface area contributed by atoms with E-state index in [2.05, 4.69) is 17.1 Å². The molecule has 0 aliphatic heterocycles. The molecule has 0 saturated heterocycles. The van der Waals surface area contributed by atoms with E-state index in [-0.39, 0.29) is 12.3 Å². The minimum absolute atomic E-state index is 0.0365. The Morgan fingerprint density at radius 3 is 2.39 bits per heavy atom. The van der Waals surface area contributed by atoms with Crippen LogP contribution in [0.3, 0.4) is 0 Å². The molecule has 33 heavy (non-hydrogen) atoms. The quantitative estimate of drug-likeness (QED) is 0.388. The minimum atomic E-state index is -0.872. The summed E-state index contributed by atoms with van der Waals surface area (Å²) in [4.78, 5) is 16.2. The van der Waals surface area contributed by atoms with Gasteiger partial charge in [0.1, 0.15) is 11.5 Å². The first-order valence-electron chi connectivity index (χ1n) is 11.0. The molecule has 176 valence electrons. The first-order chi connectivity index (χ1) is 15.9. The number of ether oxygens (including phenoxy) is 2. The SMILES string of the molecule is COc1cc(C(O)C(CCCc2ccccc2)Cc2ncc(CC(=O)O)s2)cc(OC)c1C. The van der Waals surface area contributed by atoms with Crippen molar-refractivity contribution in [1.29, 1.82) is 0 Å². The number of aliphatic hydroxyl groups is 1. The summed E-state index contributed by atoms with van der Waals surface area (Å²) in [6, 6.07) is 14.0. The third-order valence-corrected chi connectivity index (χ3v) is 6.83. The number of carboxylic acid groups (broad SMARTS) is 1. The number of carboxylic acids is 1. The number of hydrogen-bond acceptors (Lipinski definition) is 6. The van der Waals surface area contributed by atoms with Gasteiger partial charge in [0.25, 0.3) is 0 Å². The van der Waals surface area contributed by atoms with Crippen LogP contribution in [0.1, 0.15) is 45.5 Å². The molecule has 0 aliphatic rings. The first-order valence-corrected chi connectivity index (χ1v) is 11.8. The van der Waals surface area contributed by atoms with Gasteiger partial charge < -0.3 is 19.7 Å². The highest BCUT2D eigenvalue weighted by molar-refractivity contribution is 7.11. The van der Waals surface area contributed by atoms with Crippen LogP contribution in [0.2, 0.25) is 0 Å². The molecule has 2 N–H and O–H groups in total. The molecule has 0 bridgehead atoms. The second kappa shape index (κ2) is 11.8. The van der Waals surface area contributed by atoms with Gasteiger partial charge in [-0.1, -0.05) is 30.3 Å². The third kappa shape index (κ3) is 6.79. The number of aliphatic carboxylic acids is 1. The van der Waals surface area contributed by atoms with E-state index in [1.807, 2.05) is 37.3 Å². The molecular weight excluding hydrogens is 438 g/mol. The largest absolute Gasteiger partial charge is 0.496 e. The highest BCUT2D eigenvalue weighted by atomic mass is 32.1. The van der Waals surface area contributed by atoms with Crippen molar-refractivity contribution in [3.63, 3.8) is 0 Å². The summed E-state index contributed by atoms with van der Waals surface area (Å²) in [6.45, 7) is 1.92. The van der Waals surface area contributed by atoms with Crippen molar-refractivity contribution in [1.82, 2.24) is 4.98 Å². The molecule has 7 heteroatoms. The highest BCUT2D eigenvalue weighted by Crippen LogP contribution is 2.37. The van der Waals surface area contributed by atoms with Gasteiger partial charge in [0.2, 0.25) is 0 Å².